The molecule has 15 heavy (non-hydrogen) atoms. The number of fused-ring (bicyclic) bond motifs is 1. The number of allylic oxidation sites excluding steroid dienone is 2. The third kappa shape index (κ3) is 1.71. The van der Waals surface area contributed by atoms with Crippen LogP contribution >= 0.6 is 0 Å². The average Bonchev–Trinajstić information content (AvgIpc) is 2.25. The number of nitriles is 1. The fraction of sp³-hybridized carbons (Fsp3) is 0.786. The molecule has 0 aromatic heterocycles. The molecule has 3 aliphatic rings. The summed E-state index contributed by atoms with van der Waals surface area (Å²) in [6, 6.07) is 2.33. The van der Waals surface area contributed by atoms with Crippen LogP contribution in [-0.2, 0) is 0 Å². The quantitative estimate of drug-likeness (QED) is 0.638. The summed E-state index contributed by atoms with van der Waals surface area (Å²) in [6.45, 7) is 6.84. The summed E-state index contributed by atoms with van der Waals surface area (Å²) in [5.74, 6) is 1.97. The fourth-order valence-corrected chi connectivity index (χ4v) is 3.21. The first-order valence-electron chi connectivity index (χ1n) is 6.14. The van der Waals surface area contributed by atoms with E-state index in [0.29, 0.717) is 5.41 Å². The molecule has 1 nitrogen and oxygen atoms in total. The van der Waals surface area contributed by atoms with Gasteiger partial charge in [0, 0.05) is 5.92 Å². The Morgan fingerprint density at radius 3 is 2.87 bits per heavy atom. The summed E-state index contributed by atoms with van der Waals surface area (Å²) in [7, 11) is 0. The number of rotatable bonds is 3. The van der Waals surface area contributed by atoms with Crippen LogP contribution in [0, 0.1) is 34.5 Å². The molecule has 0 amide bonds. The van der Waals surface area contributed by atoms with Crippen LogP contribution in [-0.4, -0.2) is 0 Å². The molecule has 0 radical (unpaired) electrons. The van der Waals surface area contributed by atoms with Crippen molar-refractivity contribution in [2.75, 3.05) is 0 Å². The molecule has 82 valence electrons. The summed E-state index contributed by atoms with van der Waals surface area (Å²) >= 11 is 0. The molecule has 1 unspecified atom stereocenters. The van der Waals surface area contributed by atoms with Gasteiger partial charge in [0.15, 0.2) is 0 Å². The molecule has 0 aliphatic heterocycles. The zero-order valence-corrected chi connectivity index (χ0v) is 10.1. The minimum absolute atomic E-state index is 0.215. The van der Waals surface area contributed by atoms with Crippen molar-refractivity contribution >= 4 is 0 Å². The highest BCUT2D eigenvalue weighted by Crippen LogP contribution is 2.59. The van der Waals surface area contributed by atoms with Gasteiger partial charge in [0.2, 0.25) is 0 Å². The monoisotopic (exact) mass is 203 g/mol. The van der Waals surface area contributed by atoms with E-state index in [0.717, 1.165) is 24.7 Å². The molecule has 1 saturated carbocycles. The van der Waals surface area contributed by atoms with Crippen LogP contribution in [0.2, 0.25) is 0 Å². The van der Waals surface area contributed by atoms with E-state index in [1.165, 1.54) is 12.8 Å². The molecular weight excluding hydrogens is 182 g/mol. The average molecular weight is 203 g/mol. The predicted molar refractivity (Wildman–Crippen MR) is 62.1 cm³/mol. The van der Waals surface area contributed by atoms with Crippen molar-refractivity contribution in [1.29, 1.82) is 5.26 Å². The van der Waals surface area contributed by atoms with Gasteiger partial charge < -0.3 is 0 Å². The normalized spacial score (nSPS) is 33.6. The number of nitrogens with zero attached hydrogens (tertiary/aromatic N) is 1. The van der Waals surface area contributed by atoms with Gasteiger partial charge in [-0.1, -0.05) is 25.5 Å². The lowest BCUT2D eigenvalue weighted by Crippen LogP contribution is -2.48. The zero-order valence-electron chi connectivity index (χ0n) is 10.1. The summed E-state index contributed by atoms with van der Waals surface area (Å²) in [5.41, 5.74) is 2.18. The third-order valence-electron chi connectivity index (χ3n) is 4.67. The van der Waals surface area contributed by atoms with E-state index in [4.69, 9.17) is 5.26 Å². The van der Waals surface area contributed by atoms with Crippen molar-refractivity contribution in [3.63, 3.8) is 0 Å². The summed E-state index contributed by atoms with van der Waals surface area (Å²) < 4.78 is 0. The third-order valence-corrected chi connectivity index (χ3v) is 4.67. The first-order chi connectivity index (χ1) is 7.05. The van der Waals surface area contributed by atoms with E-state index in [1.54, 1.807) is 5.57 Å². The first kappa shape index (κ1) is 10.7. The molecule has 0 N–H and O–H groups in total. The van der Waals surface area contributed by atoms with E-state index in [-0.39, 0.29) is 5.92 Å². The maximum Gasteiger partial charge on any atom is 0.0652 e. The molecule has 3 atom stereocenters. The van der Waals surface area contributed by atoms with Crippen LogP contribution in [0.3, 0.4) is 0 Å². The van der Waals surface area contributed by atoms with Crippen molar-refractivity contribution in [1.82, 2.24) is 0 Å². The Labute approximate surface area is 93.2 Å². The number of hydrogen-bond acceptors (Lipinski definition) is 1. The van der Waals surface area contributed by atoms with Gasteiger partial charge in [0.1, 0.15) is 0 Å². The van der Waals surface area contributed by atoms with Gasteiger partial charge in [-0.2, -0.15) is 5.26 Å². The highest BCUT2D eigenvalue weighted by Gasteiger charge is 2.50. The fourth-order valence-electron chi connectivity index (χ4n) is 3.21. The van der Waals surface area contributed by atoms with E-state index in [1.807, 2.05) is 6.92 Å². The van der Waals surface area contributed by atoms with Gasteiger partial charge in [0.05, 0.1) is 6.07 Å². The van der Waals surface area contributed by atoms with E-state index in [9.17, 15) is 0 Å². The van der Waals surface area contributed by atoms with Gasteiger partial charge in [-0.3, -0.25) is 0 Å². The minimum Gasteiger partial charge on any atom is -0.198 e. The van der Waals surface area contributed by atoms with Crippen molar-refractivity contribution in [3.8, 4) is 6.07 Å². The Kier molecular flexibility index (Phi) is 2.63. The molecule has 3 rings (SSSR count). The van der Waals surface area contributed by atoms with Gasteiger partial charge >= 0.3 is 0 Å². The highest BCUT2D eigenvalue weighted by atomic mass is 14.5. The predicted octanol–water partition coefficient (Wildman–Crippen LogP) is 3.92. The molecule has 0 saturated heterocycles. The lowest BCUT2D eigenvalue weighted by molar-refractivity contribution is -0.00851. The van der Waals surface area contributed by atoms with Crippen molar-refractivity contribution in [2.24, 2.45) is 23.2 Å². The van der Waals surface area contributed by atoms with Crippen LogP contribution in [0.1, 0.15) is 46.5 Å². The SMILES string of the molecule is CC(C#N)CCC1=CC[C@@H]2C[C@@H]1C2(C)C. The molecular formula is C14H21N. The van der Waals surface area contributed by atoms with Crippen LogP contribution < -0.4 is 0 Å². The second-order valence-electron chi connectivity index (χ2n) is 5.89. The smallest absolute Gasteiger partial charge is 0.0652 e. The second kappa shape index (κ2) is 3.67. The Hall–Kier alpha value is -0.770. The Balaban J connectivity index is 1.95. The maximum absolute atomic E-state index is 8.77. The molecule has 0 spiro atoms. The Bertz CT molecular complexity index is 319. The number of hydrogen-bond donors (Lipinski definition) is 0. The molecule has 1 fully saturated rings. The van der Waals surface area contributed by atoms with Crippen molar-refractivity contribution < 1.29 is 0 Å². The van der Waals surface area contributed by atoms with Gasteiger partial charge in [-0.25, -0.2) is 0 Å². The first-order valence-corrected chi connectivity index (χ1v) is 6.14. The second-order valence-corrected chi connectivity index (χ2v) is 5.89. The van der Waals surface area contributed by atoms with Crippen molar-refractivity contribution in [3.05, 3.63) is 11.6 Å². The molecule has 2 bridgehead atoms. The minimum atomic E-state index is 0.215. The largest absolute Gasteiger partial charge is 0.198 e. The highest BCUT2D eigenvalue weighted by molar-refractivity contribution is 5.23. The molecule has 1 heteroatoms. The van der Waals surface area contributed by atoms with Gasteiger partial charge in [0.25, 0.3) is 0 Å². The maximum atomic E-state index is 8.77. The van der Waals surface area contributed by atoms with Crippen molar-refractivity contribution in [2.45, 2.75) is 46.5 Å². The van der Waals surface area contributed by atoms with Gasteiger partial charge in [-0.15, -0.1) is 0 Å². The lowest BCUT2D eigenvalue weighted by atomic mass is 9.48. The van der Waals surface area contributed by atoms with Crippen LogP contribution in [0.4, 0.5) is 0 Å². The lowest BCUT2D eigenvalue weighted by Gasteiger charge is -2.56. The van der Waals surface area contributed by atoms with Crippen LogP contribution in [0.25, 0.3) is 0 Å². The van der Waals surface area contributed by atoms with Crippen LogP contribution in [0.15, 0.2) is 11.6 Å². The molecule has 0 aromatic rings. The van der Waals surface area contributed by atoms with Gasteiger partial charge in [-0.05, 0) is 49.9 Å². The topological polar surface area (TPSA) is 23.8 Å². The molecule has 0 heterocycles. The standard InChI is InChI=1S/C14H21N/c1-10(9-15)4-5-11-6-7-12-8-13(11)14(12,2)3/h6,10,12-13H,4-5,7-8H2,1-3H3/t10?,12-,13+/m1/s1. The van der Waals surface area contributed by atoms with E-state index in [2.05, 4.69) is 26.0 Å². The summed E-state index contributed by atoms with van der Waals surface area (Å²) in [6.07, 6.45) is 7.32. The Morgan fingerprint density at radius 2 is 2.33 bits per heavy atom. The summed E-state index contributed by atoms with van der Waals surface area (Å²) in [4.78, 5) is 0. The summed E-state index contributed by atoms with van der Waals surface area (Å²) in [5, 5.41) is 8.77. The molecule has 0 aromatic carbocycles. The van der Waals surface area contributed by atoms with Crippen LogP contribution in [0.5, 0.6) is 0 Å². The van der Waals surface area contributed by atoms with E-state index < -0.39 is 0 Å². The Morgan fingerprint density at radius 1 is 1.60 bits per heavy atom. The molecule has 3 aliphatic carbocycles. The van der Waals surface area contributed by atoms with E-state index >= 15 is 0 Å². The zero-order chi connectivity index (χ0) is 11.1.